The number of rotatable bonds is 11. The van der Waals surface area contributed by atoms with E-state index in [1.165, 1.54) is 29.2 Å². The van der Waals surface area contributed by atoms with Crippen molar-refractivity contribution in [2.75, 3.05) is 12.4 Å². The van der Waals surface area contributed by atoms with Gasteiger partial charge in [-0.05, 0) is 93.8 Å². The number of hydrogen-bond acceptors (Lipinski definition) is 7. The second-order valence-corrected chi connectivity index (χ2v) is 11.3. The molecule has 3 unspecified atom stereocenters. The molecule has 0 aliphatic rings. The SMILES string of the molecule is CCC(C)N(C(=O)C(Cc1ccc(O)cc1)NC(=O)OC(C)(C)C)C(C(=O)Nc1ccc(OC)cc1)c1ccc(O)cc1. The number of anilines is 1. The van der Waals surface area contributed by atoms with Gasteiger partial charge in [-0.2, -0.15) is 0 Å². The Kier molecular flexibility index (Phi) is 11.0. The number of nitrogens with zero attached hydrogens (tertiary/aromatic N) is 1. The lowest BCUT2D eigenvalue weighted by molar-refractivity contribution is -0.143. The molecule has 0 spiro atoms. The summed E-state index contributed by atoms with van der Waals surface area (Å²) >= 11 is 0. The molecule has 4 N–H and O–H groups in total. The first kappa shape index (κ1) is 32.8. The zero-order valence-corrected chi connectivity index (χ0v) is 25.5. The summed E-state index contributed by atoms with van der Waals surface area (Å²) in [5, 5.41) is 25.3. The number of amides is 3. The first-order chi connectivity index (χ1) is 20.3. The number of hydrogen-bond donors (Lipinski definition) is 4. The van der Waals surface area contributed by atoms with E-state index in [-0.39, 0.29) is 17.9 Å². The van der Waals surface area contributed by atoms with Gasteiger partial charge in [-0.15, -0.1) is 0 Å². The van der Waals surface area contributed by atoms with Gasteiger partial charge in [-0.25, -0.2) is 4.79 Å². The van der Waals surface area contributed by atoms with Gasteiger partial charge < -0.3 is 35.2 Å². The second-order valence-electron chi connectivity index (χ2n) is 11.3. The van der Waals surface area contributed by atoms with Crippen LogP contribution in [-0.2, 0) is 20.7 Å². The van der Waals surface area contributed by atoms with Crippen LogP contribution in [0.5, 0.6) is 17.2 Å². The number of phenolic OH excluding ortho intramolecular Hbond substituents is 2. The number of aromatic hydroxyl groups is 2. The van der Waals surface area contributed by atoms with Gasteiger partial charge in [-0.3, -0.25) is 9.59 Å². The highest BCUT2D eigenvalue weighted by Gasteiger charge is 2.38. The smallest absolute Gasteiger partial charge is 0.408 e. The van der Waals surface area contributed by atoms with Crippen molar-refractivity contribution < 1.29 is 34.1 Å². The fourth-order valence-electron chi connectivity index (χ4n) is 4.47. The molecule has 0 aliphatic heterocycles. The molecule has 43 heavy (non-hydrogen) atoms. The number of methoxy groups -OCH3 is 1. The monoisotopic (exact) mass is 591 g/mol. The molecule has 3 amide bonds. The average molecular weight is 592 g/mol. The van der Waals surface area contributed by atoms with Crippen molar-refractivity contribution in [1.29, 1.82) is 0 Å². The molecule has 0 aromatic heterocycles. The van der Waals surface area contributed by atoms with Gasteiger partial charge in [0.05, 0.1) is 7.11 Å². The normalized spacial score (nSPS) is 13.3. The molecule has 0 radical (unpaired) electrons. The van der Waals surface area contributed by atoms with Crippen LogP contribution in [0.15, 0.2) is 72.8 Å². The Balaban J connectivity index is 2.07. The topological polar surface area (TPSA) is 137 Å². The van der Waals surface area contributed by atoms with Crippen LogP contribution in [-0.4, -0.2) is 57.8 Å². The minimum absolute atomic E-state index is 0.0104. The van der Waals surface area contributed by atoms with E-state index in [1.807, 2.05) is 13.8 Å². The van der Waals surface area contributed by atoms with Crippen molar-refractivity contribution in [2.45, 2.75) is 71.2 Å². The quantitative estimate of drug-likeness (QED) is 0.229. The minimum Gasteiger partial charge on any atom is -0.508 e. The summed E-state index contributed by atoms with van der Waals surface area (Å²) in [4.78, 5) is 42.9. The fraction of sp³-hybridized carbons (Fsp3) is 0.364. The highest BCUT2D eigenvalue weighted by atomic mass is 16.6. The van der Waals surface area contributed by atoms with Crippen molar-refractivity contribution in [3.63, 3.8) is 0 Å². The maximum atomic E-state index is 14.5. The molecule has 10 heteroatoms. The summed E-state index contributed by atoms with van der Waals surface area (Å²) in [7, 11) is 1.55. The summed E-state index contributed by atoms with van der Waals surface area (Å²) in [6.45, 7) is 8.89. The van der Waals surface area contributed by atoms with Crippen LogP contribution in [0.25, 0.3) is 0 Å². The van der Waals surface area contributed by atoms with E-state index in [1.54, 1.807) is 76.4 Å². The van der Waals surface area contributed by atoms with E-state index in [0.29, 0.717) is 29.0 Å². The Hall–Kier alpha value is -4.73. The lowest BCUT2D eigenvalue weighted by Gasteiger charge is -2.38. The van der Waals surface area contributed by atoms with Gasteiger partial charge in [0.1, 0.15) is 34.9 Å². The third-order valence-electron chi connectivity index (χ3n) is 6.78. The van der Waals surface area contributed by atoms with E-state index in [2.05, 4.69) is 10.6 Å². The lowest BCUT2D eigenvalue weighted by Crippen LogP contribution is -2.55. The highest BCUT2D eigenvalue weighted by Crippen LogP contribution is 2.29. The van der Waals surface area contributed by atoms with Gasteiger partial charge in [0.2, 0.25) is 5.91 Å². The molecule has 3 aromatic rings. The Labute approximate surface area is 252 Å². The Morgan fingerprint density at radius 2 is 1.44 bits per heavy atom. The standard InChI is InChI=1S/C33H41N3O7/c1-7-21(2)36(31(40)28(35-32(41)43-33(3,4)5)20-22-8-14-25(37)15-9-22)29(23-10-16-26(38)17-11-23)30(39)34-24-12-18-27(42-6)19-13-24/h8-19,21,28-29,37-38H,7,20H2,1-6H3,(H,34,39)(H,35,41). The van der Waals surface area contributed by atoms with E-state index >= 15 is 0 Å². The molecular weight excluding hydrogens is 550 g/mol. The van der Waals surface area contributed by atoms with Crippen molar-refractivity contribution in [3.8, 4) is 17.2 Å². The molecule has 0 saturated heterocycles. The third-order valence-corrected chi connectivity index (χ3v) is 6.78. The largest absolute Gasteiger partial charge is 0.508 e. The van der Waals surface area contributed by atoms with E-state index in [9.17, 15) is 24.6 Å². The van der Waals surface area contributed by atoms with Gasteiger partial charge in [-0.1, -0.05) is 31.2 Å². The van der Waals surface area contributed by atoms with Crippen LogP contribution in [0, 0.1) is 0 Å². The maximum Gasteiger partial charge on any atom is 0.408 e. The molecule has 0 aliphatic carbocycles. The molecule has 0 fully saturated rings. The van der Waals surface area contributed by atoms with Crippen molar-refractivity contribution in [3.05, 3.63) is 83.9 Å². The molecule has 3 rings (SSSR count). The van der Waals surface area contributed by atoms with Crippen LogP contribution >= 0.6 is 0 Å². The lowest BCUT2D eigenvalue weighted by atomic mass is 9.97. The van der Waals surface area contributed by atoms with Gasteiger partial charge in [0.15, 0.2) is 0 Å². The average Bonchev–Trinajstić information content (AvgIpc) is 2.96. The first-order valence-electron chi connectivity index (χ1n) is 14.1. The summed E-state index contributed by atoms with van der Waals surface area (Å²) in [6.07, 6.45) is -0.194. The number of ether oxygens (including phenoxy) is 2. The molecule has 0 saturated carbocycles. The predicted octanol–water partition coefficient (Wildman–Crippen LogP) is 5.55. The van der Waals surface area contributed by atoms with Crippen LogP contribution in [0.2, 0.25) is 0 Å². The molecular formula is C33H41N3O7. The number of phenols is 2. The minimum atomic E-state index is -1.12. The molecule has 3 atom stereocenters. The number of carbonyl (C=O) groups excluding carboxylic acids is 3. The van der Waals surface area contributed by atoms with Gasteiger partial charge in [0.25, 0.3) is 5.91 Å². The van der Waals surface area contributed by atoms with Gasteiger partial charge >= 0.3 is 6.09 Å². The number of alkyl carbamates (subject to hydrolysis) is 1. The third kappa shape index (κ3) is 9.39. The summed E-state index contributed by atoms with van der Waals surface area (Å²) in [6, 6.07) is 16.5. The number of benzene rings is 3. The van der Waals surface area contributed by atoms with Crippen LogP contribution < -0.4 is 15.4 Å². The number of nitrogens with one attached hydrogen (secondary N) is 2. The van der Waals surface area contributed by atoms with E-state index < -0.39 is 41.6 Å². The van der Waals surface area contributed by atoms with E-state index in [0.717, 1.165) is 0 Å². The summed E-state index contributed by atoms with van der Waals surface area (Å²) < 4.78 is 10.7. The van der Waals surface area contributed by atoms with Crippen LogP contribution in [0.4, 0.5) is 10.5 Å². The first-order valence-corrected chi connectivity index (χ1v) is 14.1. The number of carbonyl (C=O) groups is 3. The van der Waals surface area contributed by atoms with Crippen molar-refractivity contribution in [1.82, 2.24) is 10.2 Å². The van der Waals surface area contributed by atoms with Crippen LogP contribution in [0.1, 0.15) is 58.2 Å². The summed E-state index contributed by atoms with van der Waals surface area (Å²) in [5.74, 6) is -0.289. The maximum absolute atomic E-state index is 14.5. The molecule has 10 nitrogen and oxygen atoms in total. The second kappa shape index (κ2) is 14.4. The van der Waals surface area contributed by atoms with Crippen molar-refractivity contribution >= 4 is 23.6 Å². The molecule has 0 heterocycles. The van der Waals surface area contributed by atoms with Crippen LogP contribution in [0.3, 0.4) is 0 Å². The Morgan fingerprint density at radius 3 is 1.95 bits per heavy atom. The fourth-order valence-corrected chi connectivity index (χ4v) is 4.47. The van der Waals surface area contributed by atoms with Gasteiger partial charge in [0, 0.05) is 18.2 Å². The zero-order valence-electron chi connectivity index (χ0n) is 25.5. The molecule has 3 aromatic carbocycles. The Morgan fingerprint density at radius 1 is 0.884 bits per heavy atom. The van der Waals surface area contributed by atoms with Crippen molar-refractivity contribution in [2.24, 2.45) is 0 Å². The predicted molar refractivity (Wildman–Crippen MR) is 164 cm³/mol. The van der Waals surface area contributed by atoms with E-state index in [4.69, 9.17) is 9.47 Å². The Bertz CT molecular complexity index is 1370. The summed E-state index contributed by atoms with van der Waals surface area (Å²) in [5.41, 5.74) is 0.844. The highest BCUT2D eigenvalue weighted by molar-refractivity contribution is 5.99. The zero-order chi connectivity index (χ0) is 31.7. The molecule has 230 valence electrons. The molecule has 0 bridgehead atoms.